The summed E-state index contributed by atoms with van der Waals surface area (Å²) in [6.45, 7) is 8.64. The molecule has 23 heavy (non-hydrogen) atoms. The van der Waals surface area contributed by atoms with Crippen LogP contribution in [0.3, 0.4) is 0 Å². The molecule has 0 spiro atoms. The van der Waals surface area contributed by atoms with E-state index in [4.69, 9.17) is 19.7 Å². The first kappa shape index (κ1) is 23.7. The molecule has 0 heterocycles. The lowest BCUT2D eigenvalue weighted by atomic mass is 10.2. The predicted octanol–water partition coefficient (Wildman–Crippen LogP) is 2.66. The Morgan fingerprint density at radius 1 is 1.09 bits per heavy atom. The van der Waals surface area contributed by atoms with Crippen LogP contribution in [-0.4, -0.2) is 48.7 Å². The summed E-state index contributed by atoms with van der Waals surface area (Å²) < 4.78 is 10.1. The van der Waals surface area contributed by atoms with Gasteiger partial charge in [-0.2, -0.15) is 0 Å². The average Bonchev–Trinajstić information content (AvgIpc) is 2.55. The monoisotopic (exact) mass is 326 g/mol. The van der Waals surface area contributed by atoms with Crippen LogP contribution in [0, 0.1) is 0 Å². The normalized spacial score (nSPS) is 11.3. The Bertz CT molecular complexity index is 370. The fourth-order valence-corrected chi connectivity index (χ4v) is 1.23. The largest absolute Gasteiger partial charge is 0.394 e. The van der Waals surface area contributed by atoms with E-state index in [1.807, 2.05) is 51.1 Å². The minimum Gasteiger partial charge on any atom is -0.394 e. The van der Waals surface area contributed by atoms with E-state index >= 15 is 0 Å². The Labute approximate surface area is 139 Å². The molecule has 0 bridgehead atoms. The molecule has 0 aliphatic rings. The van der Waals surface area contributed by atoms with Gasteiger partial charge in [0.1, 0.15) is 6.29 Å². The van der Waals surface area contributed by atoms with Gasteiger partial charge >= 0.3 is 0 Å². The van der Waals surface area contributed by atoms with Crippen molar-refractivity contribution in [2.24, 2.45) is 0 Å². The molecular formula is C18H30O5. The molecule has 0 aliphatic carbocycles. The van der Waals surface area contributed by atoms with Crippen LogP contribution in [0.1, 0.15) is 33.3 Å². The van der Waals surface area contributed by atoms with E-state index in [-0.39, 0.29) is 12.9 Å². The van der Waals surface area contributed by atoms with Gasteiger partial charge in [-0.05, 0) is 39.3 Å². The minimum absolute atomic E-state index is 0.0370. The molecule has 0 aliphatic heterocycles. The highest BCUT2D eigenvalue weighted by atomic mass is 16.7. The van der Waals surface area contributed by atoms with Crippen molar-refractivity contribution in [1.82, 2.24) is 0 Å². The summed E-state index contributed by atoms with van der Waals surface area (Å²) in [7, 11) is 0. The Hall–Kier alpha value is -1.53. The summed E-state index contributed by atoms with van der Waals surface area (Å²) >= 11 is 0. The summed E-state index contributed by atoms with van der Waals surface area (Å²) in [6.07, 6.45) is 3.43. The highest BCUT2D eigenvalue weighted by Crippen LogP contribution is 1.99. The van der Waals surface area contributed by atoms with Crippen LogP contribution < -0.4 is 0 Å². The zero-order valence-corrected chi connectivity index (χ0v) is 14.5. The Kier molecular flexibility index (Phi) is 19.1. The van der Waals surface area contributed by atoms with E-state index in [0.29, 0.717) is 0 Å². The van der Waals surface area contributed by atoms with E-state index in [0.717, 1.165) is 25.1 Å². The lowest BCUT2D eigenvalue weighted by Gasteiger charge is -2.09. The molecule has 1 rings (SSSR count). The molecule has 5 nitrogen and oxygen atoms in total. The highest BCUT2D eigenvalue weighted by molar-refractivity contribution is 5.73. The van der Waals surface area contributed by atoms with Gasteiger partial charge in [-0.15, -0.1) is 0 Å². The molecule has 0 saturated carbocycles. The molecule has 1 atom stereocenters. The molecule has 0 aromatic heterocycles. The number of hydrogen-bond donors (Lipinski definition) is 2. The van der Waals surface area contributed by atoms with E-state index < -0.39 is 6.10 Å². The quantitative estimate of drug-likeness (QED) is 0.458. The summed E-state index contributed by atoms with van der Waals surface area (Å²) in [5.74, 6) is 0. The predicted molar refractivity (Wildman–Crippen MR) is 93.0 cm³/mol. The minimum atomic E-state index is -0.560. The first-order valence-electron chi connectivity index (χ1n) is 7.70. The third kappa shape index (κ3) is 20.5. The smallest absolute Gasteiger partial charge is 0.154 e. The van der Waals surface area contributed by atoms with Crippen molar-refractivity contribution in [2.45, 2.75) is 40.1 Å². The molecular weight excluding hydrogens is 296 g/mol. The zero-order valence-electron chi connectivity index (χ0n) is 14.5. The van der Waals surface area contributed by atoms with Gasteiger partial charge in [-0.1, -0.05) is 36.4 Å². The standard InChI is InChI=1S/C9H8O.C6H14O2.C3H8O2/c10-8-4-7-9-5-2-1-3-6-9;1-4-7-6(3)8-5-2;1-3(5)2-4/h1-8H;6H,4-5H2,1-3H3;3-5H,2H2,1H3/b7-4-;;. The van der Waals surface area contributed by atoms with Crippen molar-refractivity contribution < 1.29 is 24.5 Å². The van der Waals surface area contributed by atoms with Crippen molar-refractivity contribution in [3.05, 3.63) is 42.0 Å². The number of aldehydes is 1. The first-order chi connectivity index (χ1) is 11.0. The van der Waals surface area contributed by atoms with Gasteiger partial charge in [0.05, 0.1) is 12.7 Å². The number of benzene rings is 1. The topological polar surface area (TPSA) is 76.0 Å². The van der Waals surface area contributed by atoms with E-state index in [1.165, 1.54) is 13.0 Å². The molecule has 0 fully saturated rings. The Morgan fingerprint density at radius 3 is 1.91 bits per heavy atom. The van der Waals surface area contributed by atoms with Gasteiger partial charge in [0.15, 0.2) is 6.29 Å². The molecule has 1 aromatic rings. The highest BCUT2D eigenvalue weighted by Gasteiger charge is 1.94. The number of ether oxygens (including phenoxy) is 2. The van der Waals surface area contributed by atoms with E-state index in [1.54, 1.807) is 6.08 Å². The fraction of sp³-hybridized carbons (Fsp3) is 0.500. The first-order valence-corrected chi connectivity index (χ1v) is 7.70. The van der Waals surface area contributed by atoms with Crippen molar-refractivity contribution in [2.75, 3.05) is 19.8 Å². The SMILES string of the molecule is CC(O)CO.CCOC(C)OCC.O=C/C=C\c1ccccc1. The van der Waals surface area contributed by atoms with E-state index in [9.17, 15) is 4.79 Å². The third-order valence-corrected chi connectivity index (χ3v) is 2.23. The van der Waals surface area contributed by atoms with Gasteiger partial charge in [-0.25, -0.2) is 0 Å². The van der Waals surface area contributed by atoms with Gasteiger partial charge in [-0.3, -0.25) is 4.79 Å². The molecule has 2 N–H and O–H groups in total. The second-order valence-corrected chi connectivity index (χ2v) is 4.42. The summed E-state index contributed by atoms with van der Waals surface area (Å²) in [6, 6.07) is 9.70. The maximum absolute atomic E-state index is 9.89. The summed E-state index contributed by atoms with van der Waals surface area (Å²) in [5, 5.41) is 16.0. The maximum atomic E-state index is 9.89. The second kappa shape index (κ2) is 18.5. The van der Waals surface area contributed by atoms with Crippen LogP contribution >= 0.6 is 0 Å². The Balaban J connectivity index is 0. The van der Waals surface area contributed by atoms with Crippen molar-refractivity contribution in [1.29, 1.82) is 0 Å². The summed E-state index contributed by atoms with van der Waals surface area (Å²) in [4.78, 5) is 9.89. The molecule has 132 valence electrons. The molecule has 5 heteroatoms. The van der Waals surface area contributed by atoms with Crippen molar-refractivity contribution >= 4 is 12.4 Å². The number of aliphatic hydroxyl groups is 2. The van der Waals surface area contributed by atoms with Crippen molar-refractivity contribution in [3.8, 4) is 0 Å². The number of allylic oxidation sites excluding steroid dienone is 1. The average molecular weight is 326 g/mol. The lowest BCUT2D eigenvalue weighted by Crippen LogP contribution is -2.11. The fourth-order valence-electron chi connectivity index (χ4n) is 1.23. The summed E-state index contributed by atoms with van der Waals surface area (Å²) in [5.41, 5.74) is 1.05. The van der Waals surface area contributed by atoms with Crippen LogP contribution in [0.5, 0.6) is 0 Å². The van der Waals surface area contributed by atoms with Crippen LogP contribution in [0.15, 0.2) is 36.4 Å². The van der Waals surface area contributed by atoms with Gasteiger partial charge < -0.3 is 19.7 Å². The molecule has 0 radical (unpaired) electrons. The van der Waals surface area contributed by atoms with Gasteiger partial charge in [0.25, 0.3) is 0 Å². The number of carbonyl (C=O) groups excluding carboxylic acids is 1. The second-order valence-electron chi connectivity index (χ2n) is 4.42. The lowest BCUT2D eigenvalue weighted by molar-refractivity contribution is -0.123. The molecule has 0 amide bonds. The van der Waals surface area contributed by atoms with Crippen molar-refractivity contribution in [3.63, 3.8) is 0 Å². The van der Waals surface area contributed by atoms with Gasteiger partial charge in [0, 0.05) is 13.2 Å². The molecule has 1 unspecified atom stereocenters. The molecule has 1 aromatic carbocycles. The van der Waals surface area contributed by atoms with E-state index in [2.05, 4.69) is 0 Å². The number of aliphatic hydroxyl groups excluding tert-OH is 2. The maximum Gasteiger partial charge on any atom is 0.154 e. The Morgan fingerprint density at radius 2 is 1.57 bits per heavy atom. The van der Waals surface area contributed by atoms with Gasteiger partial charge in [0.2, 0.25) is 0 Å². The number of rotatable bonds is 7. The number of hydrogen-bond acceptors (Lipinski definition) is 5. The number of carbonyl (C=O) groups is 1. The zero-order chi connectivity index (χ0) is 17.9. The third-order valence-electron chi connectivity index (χ3n) is 2.23. The van der Waals surface area contributed by atoms with Crippen LogP contribution in [0.25, 0.3) is 6.08 Å². The van der Waals surface area contributed by atoms with Crippen LogP contribution in [0.4, 0.5) is 0 Å². The van der Waals surface area contributed by atoms with Crippen LogP contribution in [0.2, 0.25) is 0 Å². The molecule has 0 saturated heterocycles. The van der Waals surface area contributed by atoms with Crippen LogP contribution in [-0.2, 0) is 14.3 Å².